The van der Waals surface area contributed by atoms with E-state index in [1.807, 2.05) is 0 Å². The van der Waals surface area contributed by atoms with Crippen molar-refractivity contribution in [2.45, 2.75) is 13.0 Å². The average molecular weight is 232 g/mol. The molecule has 1 unspecified atom stereocenters. The van der Waals surface area contributed by atoms with Crippen LogP contribution in [0.1, 0.15) is 17.3 Å². The number of carbonyl (C=O) groups excluding carboxylic acids is 1. The van der Waals surface area contributed by atoms with Crippen LogP contribution in [-0.2, 0) is 0 Å². The summed E-state index contributed by atoms with van der Waals surface area (Å²) in [4.78, 5) is 11.5. The van der Waals surface area contributed by atoms with E-state index in [2.05, 4.69) is 0 Å². The molecule has 0 fully saturated rings. The molecule has 0 aliphatic rings. The van der Waals surface area contributed by atoms with Crippen LogP contribution in [0.25, 0.3) is 0 Å². The van der Waals surface area contributed by atoms with Gasteiger partial charge in [0, 0.05) is 6.07 Å². The van der Waals surface area contributed by atoms with Gasteiger partial charge < -0.3 is 10.5 Å². The fraction of sp³-hybridized carbons (Fsp3) is 0.300. The lowest BCUT2D eigenvalue weighted by atomic mass is 10.1. The fourth-order valence-corrected chi connectivity index (χ4v) is 1.32. The van der Waals surface area contributed by atoms with Crippen molar-refractivity contribution in [1.29, 1.82) is 0 Å². The van der Waals surface area contributed by atoms with Gasteiger partial charge in [-0.15, -0.1) is 0 Å². The number of benzene rings is 1. The molecule has 0 aliphatic heterocycles. The van der Waals surface area contributed by atoms with Gasteiger partial charge in [-0.3, -0.25) is 4.79 Å². The van der Waals surface area contributed by atoms with Crippen LogP contribution in [0.3, 0.4) is 0 Å². The van der Waals surface area contributed by atoms with E-state index < -0.39 is 17.6 Å². The highest BCUT2D eigenvalue weighted by molar-refractivity contribution is 6.31. The van der Waals surface area contributed by atoms with Crippen molar-refractivity contribution in [2.24, 2.45) is 5.73 Å². The third-order valence-electron chi connectivity index (χ3n) is 1.92. The summed E-state index contributed by atoms with van der Waals surface area (Å²) >= 11 is 5.60. The summed E-state index contributed by atoms with van der Waals surface area (Å²) < 4.78 is 18.3. The Balaban J connectivity index is 3.27. The predicted octanol–water partition coefficient (Wildman–Crippen LogP) is 2.02. The van der Waals surface area contributed by atoms with E-state index in [0.29, 0.717) is 5.75 Å². The summed E-state index contributed by atoms with van der Waals surface area (Å²) in [5.41, 5.74) is 5.23. The highest BCUT2D eigenvalue weighted by Gasteiger charge is 2.19. The summed E-state index contributed by atoms with van der Waals surface area (Å²) in [5.74, 6) is -0.946. The summed E-state index contributed by atoms with van der Waals surface area (Å²) in [6.07, 6.45) is 0. The second-order valence-electron chi connectivity index (χ2n) is 3.12. The Morgan fingerprint density at radius 1 is 1.60 bits per heavy atom. The summed E-state index contributed by atoms with van der Waals surface area (Å²) in [6, 6.07) is 1.81. The number of ketones is 1. The van der Waals surface area contributed by atoms with Crippen LogP contribution in [0.2, 0.25) is 5.02 Å². The van der Waals surface area contributed by atoms with Crippen molar-refractivity contribution in [3.05, 3.63) is 28.5 Å². The summed E-state index contributed by atoms with van der Waals surface area (Å²) in [6.45, 7) is 1.48. The maximum Gasteiger partial charge on any atom is 0.182 e. The first-order valence-corrected chi connectivity index (χ1v) is 4.68. The third kappa shape index (κ3) is 2.46. The quantitative estimate of drug-likeness (QED) is 0.810. The number of carbonyl (C=O) groups is 1. The molecule has 3 nitrogen and oxygen atoms in total. The molecule has 0 saturated carbocycles. The van der Waals surface area contributed by atoms with Gasteiger partial charge in [-0.1, -0.05) is 11.6 Å². The van der Waals surface area contributed by atoms with E-state index in [9.17, 15) is 9.18 Å². The lowest BCUT2D eigenvalue weighted by molar-refractivity contribution is 0.0963. The van der Waals surface area contributed by atoms with E-state index in [4.69, 9.17) is 22.1 Å². The Labute approximate surface area is 92.0 Å². The lowest BCUT2D eigenvalue weighted by Gasteiger charge is -2.09. The van der Waals surface area contributed by atoms with Crippen LogP contribution in [0, 0.1) is 5.82 Å². The minimum atomic E-state index is -0.775. The molecule has 0 aromatic heterocycles. The Bertz CT molecular complexity index is 393. The molecule has 1 atom stereocenters. The topological polar surface area (TPSA) is 52.3 Å². The molecule has 0 saturated heterocycles. The molecule has 1 aromatic rings. The van der Waals surface area contributed by atoms with Gasteiger partial charge in [0.1, 0.15) is 5.75 Å². The maximum absolute atomic E-state index is 13.5. The second-order valence-corrected chi connectivity index (χ2v) is 3.53. The molecular weight excluding hydrogens is 221 g/mol. The number of rotatable bonds is 3. The van der Waals surface area contributed by atoms with Crippen LogP contribution in [0.15, 0.2) is 12.1 Å². The first-order chi connectivity index (χ1) is 6.97. The molecule has 1 rings (SSSR count). The molecule has 0 aliphatic carbocycles. The average Bonchev–Trinajstić information content (AvgIpc) is 2.20. The molecule has 0 radical (unpaired) electrons. The molecule has 82 valence electrons. The highest BCUT2D eigenvalue weighted by atomic mass is 35.5. The van der Waals surface area contributed by atoms with Crippen molar-refractivity contribution in [2.75, 3.05) is 7.11 Å². The molecule has 0 heterocycles. The van der Waals surface area contributed by atoms with E-state index in [1.54, 1.807) is 0 Å². The van der Waals surface area contributed by atoms with Gasteiger partial charge in [0.25, 0.3) is 0 Å². The smallest absolute Gasteiger partial charge is 0.182 e. The zero-order valence-corrected chi connectivity index (χ0v) is 9.14. The van der Waals surface area contributed by atoms with Crippen molar-refractivity contribution in [3.8, 4) is 5.75 Å². The minimum absolute atomic E-state index is 0.144. The number of nitrogens with two attached hydrogens (primary N) is 1. The number of halogens is 2. The summed E-state index contributed by atoms with van der Waals surface area (Å²) in [5, 5.41) is -0.154. The van der Waals surface area contributed by atoms with Crippen molar-refractivity contribution < 1.29 is 13.9 Å². The number of hydrogen-bond donors (Lipinski definition) is 1. The Kier molecular flexibility index (Phi) is 3.66. The van der Waals surface area contributed by atoms with Crippen molar-refractivity contribution in [1.82, 2.24) is 0 Å². The summed E-state index contributed by atoms with van der Waals surface area (Å²) in [7, 11) is 1.41. The van der Waals surface area contributed by atoms with E-state index in [1.165, 1.54) is 26.2 Å². The van der Waals surface area contributed by atoms with Gasteiger partial charge in [-0.2, -0.15) is 0 Å². The molecule has 0 spiro atoms. The number of ether oxygens (including phenoxy) is 1. The molecular formula is C10H11ClFNO2. The van der Waals surface area contributed by atoms with Gasteiger partial charge in [-0.05, 0) is 13.0 Å². The number of hydrogen-bond acceptors (Lipinski definition) is 3. The first-order valence-electron chi connectivity index (χ1n) is 4.30. The van der Waals surface area contributed by atoms with Crippen molar-refractivity contribution >= 4 is 17.4 Å². The molecule has 2 N–H and O–H groups in total. The van der Waals surface area contributed by atoms with Gasteiger partial charge in [0.2, 0.25) is 0 Å². The standard InChI is InChI=1S/C10H11ClFNO2/c1-5(13)10(14)7-3-6(15-2)4-8(11)9(7)12/h3-5H,13H2,1-2H3. The maximum atomic E-state index is 13.5. The van der Waals surface area contributed by atoms with Gasteiger partial charge in [0.05, 0.1) is 23.7 Å². The van der Waals surface area contributed by atoms with E-state index in [-0.39, 0.29) is 10.6 Å². The van der Waals surface area contributed by atoms with Crippen LogP contribution < -0.4 is 10.5 Å². The Morgan fingerprint density at radius 2 is 2.20 bits per heavy atom. The lowest BCUT2D eigenvalue weighted by Crippen LogP contribution is -2.27. The minimum Gasteiger partial charge on any atom is -0.497 e. The highest BCUT2D eigenvalue weighted by Crippen LogP contribution is 2.25. The van der Waals surface area contributed by atoms with Crippen LogP contribution >= 0.6 is 11.6 Å². The van der Waals surface area contributed by atoms with E-state index >= 15 is 0 Å². The van der Waals surface area contributed by atoms with Crippen molar-refractivity contribution in [3.63, 3.8) is 0 Å². The van der Waals surface area contributed by atoms with Gasteiger partial charge >= 0.3 is 0 Å². The zero-order chi connectivity index (χ0) is 11.6. The molecule has 1 aromatic carbocycles. The fourth-order valence-electron chi connectivity index (χ4n) is 1.11. The first kappa shape index (κ1) is 11.9. The zero-order valence-electron chi connectivity index (χ0n) is 8.38. The van der Waals surface area contributed by atoms with Crippen LogP contribution in [0.4, 0.5) is 4.39 Å². The Hall–Kier alpha value is -1.13. The molecule has 5 heteroatoms. The van der Waals surface area contributed by atoms with Crippen LogP contribution in [0.5, 0.6) is 5.75 Å². The largest absolute Gasteiger partial charge is 0.497 e. The number of Topliss-reactive ketones (excluding diaryl/α,β-unsaturated/α-hetero) is 1. The predicted molar refractivity (Wildman–Crippen MR) is 55.9 cm³/mol. The second kappa shape index (κ2) is 4.59. The normalized spacial score (nSPS) is 12.3. The Morgan fingerprint density at radius 3 is 2.67 bits per heavy atom. The van der Waals surface area contributed by atoms with Crippen LogP contribution in [-0.4, -0.2) is 18.9 Å². The number of methoxy groups -OCH3 is 1. The van der Waals surface area contributed by atoms with Gasteiger partial charge in [-0.25, -0.2) is 4.39 Å². The van der Waals surface area contributed by atoms with Gasteiger partial charge in [0.15, 0.2) is 11.6 Å². The van der Waals surface area contributed by atoms with E-state index in [0.717, 1.165) is 0 Å². The third-order valence-corrected chi connectivity index (χ3v) is 2.19. The SMILES string of the molecule is COc1cc(Cl)c(F)c(C(=O)C(C)N)c1. The molecule has 0 amide bonds. The monoisotopic (exact) mass is 231 g/mol. The molecule has 0 bridgehead atoms. The molecule has 15 heavy (non-hydrogen) atoms.